The summed E-state index contributed by atoms with van der Waals surface area (Å²) in [7, 11) is 0. The number of rotatable bonds is 2. The first kappa shape index (κ1) is 27.9. The van der Waals surface area contributed by atoms with Gasteiger partial charge in [0.15, 0.2) is 17.1 Å². The second-order valence-corrected chi connectivity index (χ2v) is 15.0. The van der Waals surface area contributed by atoms with Crippen molar-refractivity contribution in [3.8, 4) is 22.5 Å². The van der Waals surface area contributed by atoms with E-state index < -0.39 is 0 Å². The van der Waals surface area contributed by atoms with Gasteiger partial charge in [0.2, 0.25) is 0 Å². The van der Waals surface area contributed by atoms with Crippen molar-refractivity contribution in [2.75, 3.05) is 0 Å². The van der Waals surface area contributed by atoms with Crippen LogP contribution in [-0.4, -0.2) is 15.0 Å². The van der Waals surface area contributed by atoms with E-state index in [1.165, 1.54) is 67.6 Å². The summed E-state index contributed by atoms with van der Waals surface area (Å²) in [6.07, 6.45) is 0. The van der Waals surface area contributed by atoms with Crippen LogP contribution in [0.2, 0.25) is 0 Å². The summed E-state index contributed by atoms with van der Waals surface area (Å²) in [5.41, 5.74) is 4.72. The first-order chi connectivity index (χ1) is 24.7. The Balaban J connectivity index is 1.28. The molecule has 0 spiro atoms. The van der Waals surface area contributed by atoms with Gasteiger partial charge in [0.05, 0.1) is 0 Å². The Morgan fingerprint density at radius 3 is 1.94 bits per heavy atom. The Kier molecular flexibility index (Phi) is 5.99. The average Bonchev–Trinajstić information content (AvgIpc) is 3.75. The molecule has 0 aliphatic heterocycles. The molecular weight excluding hydrogens is 647 g/mol. The van der Waals surface area contributed by atoms with Crippen molar-refractivity contribution in [3.05, 3.63) is 152 Å². The van der Waals surface area contributed by atoms with Gasteiger partial charge < -0.3 is 0 Å². The summed E-state index contributed by atoms with van der Waals surface area (Å²) in [4.78, 5) is 15.4. The fourth-order valence-corrected chi connectivity index (χ4v) is 9.73. The van der Waals surface area contributed by atoms with Crippen LogP contribution in [0.1, 0.15) is 0 Å². The number of thiophene rings is 2. The van der Waals surface area contributed by atoms with Gasteiger partial charge in [0, 0.05) is 56.7 Å². The van der Waals surface area contributed by atoms with E-state index in [9.17, 15) is 0 Å². The number of nitrogens with zero attached hydrogens (tertiary/aromatic N) is 3. The number of hydrogen-bond acceptors (Lipinski definition) is 5. The van der Waals surface area contributed by atoms with Crippen LogP contribution in [0.3, 0.4) is 0 Å². The van der Waals surface area contributed by atoms with Gasteiger partial charge in [-0.1, -0.05) is 109 Å². The first-order valence-corrected chi connectivity index (χ1v) is 18.3. The molecule has 0 radical (unpaired) electrons. The van der Waals surface area contributed by atoms with Gasteiger partial charge in [0.1, 0.15) is 0 Å². The van der Waals surface area contributed by atoms with Crippen LogP contribution in [-0.2, 0) is 0 Å². The van der Waals surface area contributed by atoms with E-state index in [0.29, 0.717) is 17.1 Å². The van der Waals surface area contributed by atoms with Crippen LogP contribution in [0.4, 0.5) is 0 Å². The van der Waals surface area contributed by atoms with Crippen molar-refractivity contribution in [1.29, 1.82) is 0 Å². The highest BCUT2D eigenvalue weighted by molar-refractivity contribution is 7.26. The van der Waals surface area contributed by atoms with Crippen LogP contribution >= 0.6 is 22.7 Å². The molecule has 50 heavy (non-hydrogen) atoms. The van der Waals surface area contributed by atoms with E-state index in [1.807, 2.05) is 40.9 Å². The van der Waals surface area contributed by atoms with Crippen molar-refractivity contribution in [1.82, 2.24) is 15.0 Å². The van der Waals surface area contributed by atoms with Crippen molar-refractivity contribution in [3.63, 3.8) is 0 Å². The SMILES string of the molecule is c1ccc(-c2nc3nc(n2)c2cccc4sc5ccc(cc5c42)c2ccc(-c4ccc5c(c4)sc4ccccc45)cc2c2cccc3c2)cc1. The number of fused-ring (bicyclic) bond motifs is 13. The summed E-state index contributed by atoms with van der Waals surface area (Å²) in [6, 6.07) is 54.8. The van der Waals surface area contributed by atoms with E-state index in [4.69, 9.17) is 15.0 Å². The standard InChI is InChI=1S/C45H25N3S2/c1-2-8-26(9-3-1)43-46-44-31-11-6-10-29(22-31)36-23-27(28-17-20-34-33-12-4-5-14-38(33)50-41(34)25-28)16-19-32(36)30-18-21-39-37(24-30)42-35(45(47-43)48-44)13-7-15-40(42)49-39/h1-25H. The van der Waals surface area contributed by atoms with Gasteiger partial charge in [-0.2, -0.15) is 0 Å². The molecule has 3 nitrogen and oxygen atoms in total. The third-order valence-electron chi connectivity index (χ3n) is 9.88. The smallest absolute Gasteiger partial charge is 0.164 e. The zero-order valence-electron chi connectivity index (χ0n) is 26.6. The lowest BCUT2D eigenvalue weighted by molar-refractivity contribution is 1.18. The summed E-state index contributed by atoms with van der Waals surface area (Å²) < 4.78 is 5.10. The highest BCUT2D eigenvalue weighted by atomic mass is 32.1. The number of benzene rings is 7. The average molecular weight is 672 g/mol. The van der Waals surface area contributed by atoms with Crippen LogP contribution in [0.5, 0.6) is 0 Å². The van der Waals surface area contributed by atoms with Crippen molar-refractivity contribution in [2.24, 2.45) is 0 Å². The molecule has 0 amide bonds. The highest BCUT2D eigenvalue weighted by Gasteiger charge is 2.14. The quantitative estimate of drug-likeness (QED) is 0.184. The predicted octanol–water partition coefficient (Wildman–Crippen LogP) is 13.1. The maximum atomic E-state index is 5.18. The fraction of sp³-hybridized carbons (Fsp3) is 0. The lowest BCUT2D eigenvalue weighted by Crippen LogP contribution is -1.94. The molecule has 232 valence electrons. The molecule has 0 fully saturated rings. The van der Waals surface area contributed by atoms with Crippen molar-refractivity contribution < 1.29 is 0 Å². The molecule has 6 bridgehead atoms. The maximum absolute atomic E-state index is 5.18. The molecule has 7 aromatic carbocycles. The van der Waals surface area contributed by atoms with Crippen molar-refractivity contribution in [2.45, 2.75) is 0 Å². The summed E-state index contributed by atoms with van der Waals surface area (Å²) in [6.45, 7) is 0. The molecule has 0 unspecified atom stereocenters. The molecule has 0 atom stereocenters. The Morgan fingerprint density at radius 1 is 0.320 bits per heavy atom. The molecule has 0 saturated carbocycles. The van der Waals surface area contributed by atoms with Gasteiger partial charge in [-0.05, 0) is 75.1 Å². The van der Waals surface area contributed by atoms with Gasteiger partial charge in [-0.3, -0.25) is 0 Å². The number of hydrogen-bond donors (Lipinski definition) is 0. The van der Waals surface area contributed by atoms with Crippen LogP contribution in [0, 0.1) is 0 Å². The molecule has 11 rings (SSSR count). The van der Waals surface area contributed by atoms with Gasteiger partial charge in [-0.25, -0.2) is 15.0 Å². The predicted molar refractivity (Wildman–Crippen MR) is 215 cm³/mol. The minimum absolute atomic E-state index is 0.665. The zero-order valence-corrected chi connectivity index (χ0v) is 28.2. The Labute approximate surface area is 294 Å². The number of aromatic nitrogens is 3. The lowest BCUT2D eigenvalue weighted by Gasteiger charge is -2.07. The molecule has 4 heterocycles. The summed E-state index contributed by atoms with van der Waals surface area (Å²) >= 11 is 3.68. The second kappa shape index (κ2) is 10.7. The monoisotopic (exact) mass is 671 g/mol. The molecule has 0 aliphatic rings. The van der Waals surface area contributed by atoms with Gasteiger partial charge >= 0.3 is 0 Å². The molecule has 0 aliphatic carbocycles. The molecule has 5 heteroatoms. The highest BCUT2D eigenvalue weighted by Crippen LogP contribution is 2.41. The minimum atomic E-state index is 0.665. The topological polar surface area (TPSA) is 38.7 Å². The minimum Gasteiger partial charge on any atom is -0.208 e. The van der Waals surface area contributed by atoms with Crippen LogP contribution in [0.25, 0.3) is 106 Å². The van der Waals surface area contributed by atoms with E-state index >= 15 is 0 Å². The van der Waals surface area contributed by atoms with Crippen LogP contribution < -0.4 is 0 Å². The third-order valence-corrected chi connectivity index (χ3v) is 12.1. The summed E-state index contributed by atoms with van der Waals surface area (Å²) in [5, 5.41) is 11.7. The van der Waals surface area contributed by atoms with Crippen molar-refractivity contribution >= 4 is 107 Å². The Bertz CT molecular complexity index is 3210. The Hall–Kier alpha value is -6.01. The zero-order chi connectivity index (χ0) is 32.8. The van der Waals surface area contributed by atoms with E-state index in [-0.39, 0.29) is 0 Å². The van der Waals surface area contributed by atoms with E-state index in [0.717, 1.165) is 21.7 Å². The normalized spacial score (nSPS) is 12.0. The molecule has 0 N–H and O–H groups in total. The van der Waals surface area contributed by atoms with E-state index in [2.05, 4.69) is 133 Å². The lowest BCUT2D eigenvalue weighted by atomic mass is 9.97. The molecule has 4 aromatic heterocycles. The Morgan fingerprint density at radius 2 is 1.00 bits per heavy atom. The largest absolute Gasteiger partial charge is 0.208 e. The summed E-state index contributed by atoms with van der Waals surface area (Å²) in [5.74, 6) is 0.669. The van der Waals surface area contributed by atoms with E-state index in [1.54, 1.807) is 0 Å². The third kappa shape index (κ3) is 4.31. The van der Waals surface area contributed by atoms with Crippen LogP contribution in [0.15, 0.2) is 152 Å². The maximum Gasteiger partial charge on any atom is 0.164 e. The molecule has 0 saturated heterocycles. The molecular formula is C45H25N3S2. The van der Waals surface area contributed by atoms with Gasteiger partial charge in [0.25, 0.3) is 0 Å². The second-order valence-electron chi connectivity index (χ2n) is 12.8. The first-order valence-electron chi connectivity index (χ1n) is 16.7. The fourth-order valence-electron chi connectivity index (χ4n) is 7.47. The molecule has 11 aromatic rings. The van der Waals surface area contributed by atoms with Gasteiger partial charge in [-0.15, -0.1) is 22.7 Å².